The Kier molecular flexibility index (Phi) is 4.95. The number of amides is 1. The summed E-state index contributed by atoms with van der Waals surface area (Å²) < 4.78 is 5.01. The molecule has 5 nitrogen and oxygen atoms in total. The van der Waals surface area contributed by atoms with Gasteiger partial charge in [0.15, 0.2) is 5.78 Å². The van der Waals surface area contributed by atoms with Crippen LogP contribution in [0.15, 0.2) is 54.9 Å². The summed E-state index contributed by atoms with van der Waals surface area (Å²) in [5, 5.41) is 1.87. The number of ketones is 1. The van der Waals surface area contributed by atoms with Gasteiger partial charge in [0, 0.05) is 38.7 Å². The summed E-state index contributed by atoms with van der Waals surface area (Å²) in [5.74, 6) is -0.372. The molecule has 0 saturated carbocycles. The quantitative estimate of drug-likeness (QED) is 0.704. The maximum Gasteiger partial charge on any atom is 0.255 e. The van der Waals surface area contributed by atoms with Crippen molar-refractivity contribution in [3.8, 4) is 0 Å². The van der Waals surface area contributed by atoms with Crippen molar-refractivity contribution in [1.82, 2.24) is 9.88 Å². The van der Waals surface area contributed by atoms with E-state index in [-0.39, 0.29) is 11.7 Å². The smallest absolute Gasteiger partial charge is 0.255 e. The molecule has 5 heteroatoms. The molecule has 0 unspecified atom stereocenters. The molecule has 0 spiro atoms. The van der Waals surface area contributed by atoms with Gasteiger partial charge in [0.05, 0.1) is 17.7 Å². The predicted molar refractivity (Wildman–Crippen MR) is 97.0 cm³/mol. The lowest BCUT2D eigenvalue weighted by atomic mass is 9.96. The van der Waals surface area contributed by atoms with Gasteiger partial charge in [-0.1, -0.05) is 42.5 Å². The van der Waals surface area contributed by atoms with Gasteiger partial charge in [0.1, 0.15) is 0 Å². The van der Waals surface area contributed by atoms with E-state index in [0.29, 0.717) is 29.8 Å². The van der Waals surface area contributed by atoms with E-state index >= 15 is 0 Å². The third-order valence-corrected chi connectivity index (χ3v) is 4.23. The van der Waals surface area contributed by atoms with Crippen LogP contribution in [0, 0.1) is 0 Å². The molecule has 0 bridgehead atoms. The lowest BCUT2D eigenvalue weighted by Crippen LogP contribution is -2.30. The van der Waals surface area contributed by atoms with E-state index in [0.717, 1.165) is 10.8 Å². The van der Waals surface area contributed by atoms with Gasteiger partial charge in [-0.05, 0) is 10.8 Å². The highest BCUT2D eigenvalue weighted by Crippen LogP contribution is 2.23. The number of rotatable bonds is 6. The summed E-state index contributed by atoms with van der Waals surface area (Å²) in [4.78, 5) is 30.1. The molecule has 1 aromatic heterocycles. The summed E-state index contributed by atoms with van der Waals surface area (Å²) in [6.07, 6.45) is 3.16. The number of hydrogen-bond acceptors (Lipinski definition) is 3. The Morgan fingerprint density at radius 2 is 1.72 bits per heavy atom. The second kappa shape index (κ2) is 7.32. The standard InChI is InChI=1S/C20H20N2O3/c1-22(10-11-25-2)20(24)18-13-21-12-17(18)19(23)16-9-5-7-14-6-3-4-8-15(14)16/h3-9,12-13,21H,10-11H2,1-2H3. The van der Waals surface area contributed by atoms with E-state index in [9.17, 15) is 9.59 Å². The van der Waals surface area contributed by atoms with E-state index in [1.165, 1.54) is 0 Å². The Morgan fingerprint density at radius 1 is 1.00 bits per heavy atom. The van der Waals surface area contributed by atoms with Gasteiger partial charge in [0.2, 0.25) is 0 Å². The second-order valence-electron chi connectivity index (χ2n) is 5.86. The van der Waals surface area contributed by atoms with Crippen molar-refractivity contribution in [3.05, 3.63) is 71.5 Å². The highest BCUT2D eigenvalue weighted by molar-refractivity contribution is 6.20. The number of likely N-dealkylation sites (N-methyl/N-ethyl adjacent to an activating group) is 1. The minimum Gasteiger partial charge on any atom is -0.383 e. The molecule has 3 aromatic rings. The van der Waals surface area contributed by atoms with Crippen LogP contribution < -0.4 is 0 Å². The van der Waals surface area contributed by atoms with Gasteiger partial charge in [-0.15, -0.1) is 0 Å². The van der Waals surface area contributed by atoms with Crippen LogP contribution in [0.25, 0.3) is 10.8 Å². The van der Waals surface area contributed by atoms with Crippen molar-refractivity contribution in [2.24, 2.45) is 0 Å². The molecule has 0 atom stereocenters. The lowest BCUT2D eigenvalue weighted by molar-refractivity contribution is 0.0741. The maximum atomic E-state index is 13.1. The number of methoxy groups -OCH3 is 1. The van der Waals surface area contributed by atoms with Crippen LogP contribution in [0.3, 0.4) is 0 Å². The SMILES string of the molecule is COCCN(C)C(=O)c1c[nH]cc1C(=O)c1cccc2ccccc12. The van der Waals surface area contributed by atoms with E-state index in [1.807, 2.05) is 36.4 Å². The molecule has 128 valence electrons. The summed E-state index contributed by atoms with van der Waals surface area (Å²) in [5.41, 5.74) is 1.34. The van der Waals surface area contributed by atoms with Crippen molar-refractivity contribution in [1.29, 1.82) is 0 Å². The van der Waals surface area contributed by atoms with Crippen molar-refractivity contribution in [2.75, 3.05) is 27.3 Å². The summed E-state index contributed by atoms with van der Waals surface area (Å²) in [7, 11) is 3.28. The number of H-pyrrole nitrogens is 1. The number of ether oxygens (including phenoxy) is 1. The summed E-state index contributed by atoms with van der Waals surface area (Å²) >= 11 is 0. The van der Waals surface area contributed by atoms with Crippen LogP contribution >= 0.6 is 0 Å². The molecule has 2 aromatic carbocycles. The third-order valence-electron chi connectivity index (χ3n) is 4.23. The first kappa shape index (κ1) is 16.9. The average Bonchev–Trinajstić information content (AvgIpc) is 3.14. The molecule has 1 amide bonds. The van der Waals surface area contributed by atoms with Crippen LogP contribution in [-0.2, 0) is 4.74 Å². The van der Waals surface area contributed by atoms with Crippen LogP contribution in [0.4, 0.5) is 0 Å². The Balaban J connectivity index is 1.96. The minimum absolute atomic E-state index is 0.165. The zero-order chi connectivity index (χ0) is 17.8. The number of aromatic nitrogens is 1. The fourth-order valence-electron chi connectivity index (χ4n) is 2.83. The Bertz CT molecular complexity index is 909. The van der Waals surface area contributed by atoms with E-state index in [1.54, 1.807) is 37.5 Å². The molecule has 0 saturated heterocycles. The molecule has 1 heterocycles. The molecular formula is C20H20N2O3. The number of carbonyl (C=O) groups excluding carboxylic acids is 2. The first-order valence-corrected chi connectivity index (χ1v) is 8.07. The number of fused-ring (bicyclic) bond motifs is 1. The van der Waals surface area contributed by atoms with E-state index in [2.05, 4.69) is 4.98 Å². The van der Waals surface area contributed by atoms with Crippen LogP contribution in [0.1, 0.15) is 26.3 Å². The average molecular weight is 336 g/mol. The van der Waals surface area contributed by atoms with Crippen molar-refractivity contribution in [3.63, 3.8) is 0 Å². The van der Waals surface area contributed by atoms with Crippen LogP contribution in [0.5, 0.6) is 0 Å². The van der Waals surface area contributed by atoms with Crippen molar-refractivity contribution in [2.45, 2.75) is 0 Å². The molecule has 3 rings (SSSR count). The van der Waals surface area contributed by atoms with E-state index < -0.39 is 0 Å². The molecule has 0 aliphatic rings. The Labute approximate surface area is 146 Å². The second-order valence-corrected chi connectivity index (χ2v) is 5.86. The topological polar surface area (TPSA) is 62.4 Å². The van der Waals surface area contributed by atoms with Crippen LogP contribution in [-0.4, -0.2) is 48.9 Å². The molecule has 25 heavy (non-hydrogen) atoms. The molecule has 0 aliphatic carbocycles. The lowest BCUT2D eigenvalue weighted by Gasteiger charge is -2.16. The zero-order valence-corrected chi connectivity index (χ0v) is 14.3. The fraction of sp³-hybridized carbons (Fsp3) is 0.200. The maximum absolute atomic E-state index is 13.1. The van der Waals surface area contributed by atoms with Gasteiger partial charge in [0.25, 0.3) is 5.91 Å². The highest BCUT2D eigenvalue weighted by Gasteiger charge is 2.22. The summed E-state index contributed by atoms with van der Waals surface area (Å²) in [6, 6.07) is 13.3. The molecular weight excluding hydrogens is 316 g/mol. The van der Waals surface area contributed by atoms with E-state index in [4.69, 9.17) is 4.74 Å². The highest BCUT2D eigenvalue weighted by atomic mass is 16.5. The molecule has 0 aliphatic heterocycles. The number of carbonyl (C=O) groups is 2. The summed E-state index contributed by atoms with van der Waals surface area (Å²) in [6.45, 7) is 0.904. The Hall–Kier alpha value is -2.92. The van der Waals surface area contributed by atoms with Gasteiger partial charge in [-0.25, -0.2) is 0 Å². The fourth-order valence-corrected chi connectivity index (χ4v) is 2.83. The molecule has 0 radical (unpaired) electrons. The van der Waals surface area contributed by atoms with Gasteiger partial charge >= 0.3 is 0 Å². The number of hydrogen-bond donors (Lipinski definition) is 1. The van der Waals surface area contributed by atoms with Crippen molar-refractivity contribution < 1.29 is 14.3 Å². The first-order chi connectivity index (χ1) is 12.1. The van der Waals surface area contributed by atoms with Gasteiger partial charge in [-0.3, -0.25) is 9.59 Å². The Morgan fingerprint density at radius 3 is 2.52 bits per heavy atom. The number of aromatic amines is 1. The molecule has 0 fully saturated rings. The largest absolute Gasteiger partial charge is 0.383 e. The zero-order valence-electron chi connectivity index (χ0n) is 14.3. The minimum atomic E-state index is -0.207. The van der Waals surface area contributed by atoms with Gasteiger partial charge in [-0.2, -0.15) is 0 Å². The van der Waals surface area contributed by atoms with Gasteiger partial charge < -0.3 is 14.6 Å². The number of nitrogens with zero attached hydrogens (tertiary/aromatic N) is 1. The normalized spacial score (nSPS) is 10.8. The van der Waals surface area contributed by atoms with Crippen LogP contribution in [0.2, 0.25) is 0 Å². The monoisotopic (exact) mass is 336 g/mol. The molecule has 1 N–H and O–H groups in total. The number of benzene rings is 2. The predicted octanol–water partition coefficient (Wildman–Crippen LogP) is 3.12. The third kappa shape index (κ3) is 3.32. The van der Waals surface area contributed by atoms with Crippen molar-refractivity contribution >= 4 is 22.5 Å². The first-order valence-electron chi connectivity index (χ1n) is 8.07. The number of nitrogens with one attached hydrogen (secondary N) is 1.